The number of carboxylic acids is 1. The van der Waals surface area contributed by atoms with E-state index in [4.69, 9.17) is 5.11 Å². The van der Waals surface area contributed by atoms with E-state index in [1.807, 2.05) is 0 Å². The Morgan fingerprint density at radius 3 is 2.80 bits per heavy atom. The number of carboxylic acid groups (broad SMARTS) is 1. The molecule has 15 heavy (non-hydrogen) atoms. The molecular formula is C9H13N3O3. The predicted molar refractivity (Wildman–Crippen MR) is 53.3 cm³/mol. The van der Waals surface area contributed by atoms with Crippen molar-refractivity contribution in [2.45, 2.75) is 19.3 Å². The Balaban J connectivity index is 2.31. The molecule has 0 aliphatic heterocycles. The molecule has 0 aliphatic rings. The number of nitrogens with zero attached hydrogens (tertiary/aromatic N) is 2. The van der Waals surface area contributed by atoms with Gasteiger partial charge < -0.3 is 10.4 Å². The molecule has 0 spiro atoms. The summed E-state index contributed by atoms with van der Waals surface area (Å²) in [5.74, 6) is -0.474. The van der Waals surface area contributed by atoms with Gasteiger partial charge in [-0.1, -0.05) is 0 Å². The van der Waals surface area contributed by atoms with Crippen molar-refractivity contribution >= 4 is 17.7 Å². The minimum absolute atomic E-state index is 0.0127. The van der Waals surface area contributed by atoms with Crippen LogP contribution in [0, 0.1) is 0 Å². The molecule has 0 aliphatic carbocycles. The predicted octanol–water partition coefficient (Wildman–Crippen LogP) is 0.613. The highest BCUT2D eigenvalue weighted by molar-refractivity contribution is 5.89. The smallest absolute Gasteiger partial charge is 0.303 e. The molecule has 1 aromatic rings. The number of carbonyl (C=O) groups excluding carboxylic acids is 1. The molecule has 0 fully saturated rings. The first kappa shape index (κ1) is 11.2. The summed E-state index contributed by atoms with van der Waals surface area (Å²) in [7, 11) is 1.72. The van der Waals surface area contributed by atoms with E-state index in [0.717, 1.165) is 0 Å². The maximum absolute atomic E-state index is 11.3. The number of hydrogen-bond acceptors (Lipinski definition) is 3. The summed E-state index contributed by atoms with van der Waals surface area (Å²) in [6, 6.07) is 1.68. The zero-order valence-corrected chi connectivity index (χ0v) is 8.43. The van der Waals surface area contributed by atoms with E-state index in [1.54, 1.807) is 19.3 Å². The van der Waals surface area contributed by atoms with Crippen molar-refractivity contribution < 1.29 is 14.7 Å². The van der Waals surface area contributed by atoms with Crippen molar-refractivity contribution in [1.82, 2.24) is 9.78 Å². The van der Waals surface area contributed by atoms with Gasteiger partial charge in [0.1, 0.15) is 5.82 Å². The summed E-state index contributed by atoms with van der Waals surface area (Å²) >= 11 is 0. The number of hydrogen-bond donors (Lipinski definition) is 2. The average Bonchev–Trinajstić information content (AvgIpc) is 2.51. The van der Waals surface area contributed by atoms with Gasteiger partial charge >= 0.3 is 5.97 Å². The van der Waals surface area contributed by atoms with Crippen molar-refractivity contribution in [3.8, 4) is 0 Å². The number of rotatable bonds is 5. The third-order valence-electron chi connectivity index (χ3n) is 1.88. The second kappa shape index (κ2) is 5.14. The molecular weight excluding hydrogens is 198 g/mol. The minimum Gasteiger partial charge on any atom is -0.481 e. The topological polar surface area (TPSA) is 84.2 Å². The van der Waals surface area contributed by atoms with E-state index >= 15 is 0 Å². The Labute approximate surface area is 86.9 Å². The van der Waals surface area contributed by atoms with Crippen LogP contribution < -0.4 is 5.32 Å². The van der Waals surface area contributed by atoms with E-state index in [0.29, 0.717) is 12.2 Å². The zero-order valence-electron chi connectivity index (χ0n) is 8.43. The molecule has 0 aromatic carbocycles. The van der Waals surface area contributed by atoms with Crippen LogP contribution in [0.4, 0.5) is 5.82 Å². The van der Waals surface area contributed by atoms with Crippen molar-refractivity contribution in [2.24, 2.45) is 7.05 Å². The van der Waals surface area contributed by atoms with E-state index in [9.17, 15) is 9.59 Å². The number of nitrogens with one attached hydrogen (secondary N) is 1. The van der Waals surface area contributed by atoms with E-state index in [-0.39, 0.29) is 18.7 Å². The highest BCUT2D eigenvalue weighted by Gasteiger charge is 2.06. The lowest BCUT2D eigenvalue weighted by Gasteiger charge is -2.03. The molecule has 1 heterocycles. The van der Waals surface area contributed by atoms with Crippen LogP contribution in [0.5, 0.6) is 0 Å². The van der Waals surface area contributed by atoms with Gasteiger partial charge in [-0.25, -0.2) is 0 Å². The molecule has 6 heteroatoms. The fraction of sp³-hybridized carbons (Fsp3) is 0.444. The minimum atomic E-state index is -0.886. The zero-order chi connectivity index (χ0) is 11.3. The summed E-state index contributed by atoms with van der Waals surface area (Å²) in [6.45, 7) is 0. The number of aryl methyl sites for hydroxylation is 1. The largest absolute Gasteiger partial charge is 0.481 e. The van der Waals surface area contributed by atoms with Gasteiger partial charge in [-0.05, 0) is 6.42 Å². The molecule has 1 aromatic heterocycles. The first-order valence-electron chi connectivity index (χ1n) is 4.59. The lowest BCUT2D eigenvalue weighted by Crippen LogP contribution is -2.14. The van der Waals surface area contributed by atoms with Crippen molar-refractivity contribution in [3.05, 3.63) is 12.3 Å². The Hall–Kier alpha value is -1.85. The van der Waals surface area contributed by atoms with E-state index in [2.05, 4.69) is 10.4 Å². The van der Waals surface area contributed by atoms with Crippen LogP contribution in [0.25, 0.3) is 0 Å². The van der Waals surface area contributed by atoms with Crippen LogP contribution in [0.3, 0.4) is 0 Å². The second-order valence-corrected chi connectivity index (χ2v) is 3.14. The van der Waals surface area contributed by atoms with Crippen LogP contribution in [0.15, 0.2) is 12.3 Å². The number of carbonyl (C=O) groups is 2. The maximum atomic E-state index is 11.3. The summed E-state index contributed by atoms with van der Waals surface area (Å²) < 4.78 is 1.54. The number of aromatic nitrogens is 2. The molecule has 0 radical (unpaired) electrons. The first-order chi connectivity index (χ1) is 7.09. The summed E-state index contributed by atoms with van der Waals surface area (Å²) in [6.07, 6.45) is 2.14. The molecule has 0 unspecified atom stereocenters. The lowest BCUT2D eigenvalue weighted by molar-refractivity contribution is -0.137. The van der Waals surface area contributed by atoms with Crippen LogP contribution in [0.2, 0.25) is 0 Å². The number of anilines is 1. The van der Waals surface area contributed by atoms with Crippen LogP contribution >= 0.6 is 0 Å². The molecule has 0 saturated heterocycles. The fourth-order valence-corrected chi connectivity index (χ4v) is 1.10. The normalized spacial score (nSPS) is 9.93. The second-order valence-electron chi connectivity index (χ2n) is 3.14. The Kier molecular flexibility index (Phi) is 3.84. The van der Waals surface area contributed by atoms with Gasteiger partial charge in [0.15, 0.2) is 0 Å². The van der Waals surface area contributed by atoms with Gasteiger partial charge in [-0.15, -0.1) is 0 Å². The SMILES string of the molecule is Cn1nccc1NC(=O)CCCC(=O)O. The summed E-state index contributed by atoms with van der Waals surface area (Å²) in [5.41, 5.74) is 0. The third-order valence-corrected chi connectivity index (χ3v) is 1.88. The van der Waals surface area contributed by atoms with E-state index < -0.39 is 5.97 Å². The Morgan fingerprint density at radius 1 is 1.53 bits per heavy atom. The highest BCUT2D eigenvalue weighted by Crippen LogP contribution is 2.05. The van der Waals surface area contributed by atoms with Crippen LogP contribution in [-0.4, -0.2) is 26.8 Å². The maximum Gasteiger partial charge on any atom is 0.303 e. The molecule has 1 amide bonds. The van der Waals surface area contributed by atoms with Gasteiger partial charge in [0.2, 0.25) is 5.91 Å². The molecule has 6 nitrogen and oxygen atoms in total. The third kappa shape index (κ3) is 3.80. The lowest BCUT2D eigenvalue weighted by atomic mass is 10.2. The van der Waals surface area contributed by atoms with Gasteiger partial charge in [-0.3, -0.25) is 14.3 Å². The van der Waals surface area contributed by atoms with Gasteiger partial charge in [0, 0.05) is 26.0 Å². The van der Waals surface area contributed by atoms with Crippen molar-refractivity contribution in [1.29, 1.82) is 0 Å². The fourth-order valence-electron chi connectivity index (χ4n) is 1.10. The number of aliphatic carboxylic acids is 1. The Morgan fingerprint density at radius 2 is 2.27 bits per heavy atom. The quantitative estimate of drug-likeness (QED) is 0.747. The highest BCUT2D eigenvalue weighted by atomic mass is 16.4. The molecule has 0 atom stereocenters. The number of amides is 1. The van der Waals surface area contributed by atoms with Gasteiger partial charge in [-0.2, -0.15) is 5.10 Å². The summed E-state index contributed by atoms with van der Waals surface area (Å²) in [4.78, 5) is 21.5. The van der Waals surface area contributed by atoms with Crippen molar-refractivity contribution in [3.63, 3.8) is 0 Å². The standard InChI is InChI=1S/C9H13N3O3/c1-12-7(5-6-10-12)11-8(13)3-2-4-9(14)15/h5-6H,2-4H2,1H3,(H,11,13)(H,14,15). The van der Waals surface area contributed by atoms with Crippen LogP contribution in [0.1, 0.15) is 19.3 Å². The van der Waals surface area contributed by atoms with Crippen molar-refractivity contribution in [2.75, 3.05) is 5.32 Å². The molecule has 0 saturated carbocycles. The first-order valence-corrected chi connectivity index (χ1v) is 4.59. The molecule has 82 valence electrons. The Bertz CT molecular complexity index is 359. The average molecular weight is 211 g/mol. The van der Waals surface area contributed by atoms with Gasteiger partial charge in [0.05, 0.1) is 6.20 Å². The van der Waals surface area contributed by atoms with E-state index in [1.165, 1.54) is 4.68 Å². The van der Waals surface area contributed by atoms with Gasteiger partial charge in [0.25, 0.3) is 0 Å². The monoisotopic (exact) mass is 211 g/mol. The molecule has 0 bridgehead atoms. The van der Waals surface area contributed by atoms with Crippen LogP contribution in [-0.2, 0) is 16.6 Å². The molecule has 1 rings (SSSR count). The molecule has 2 N–H and O–H groups in total. The summed E-state index contributed by atoms with van der Waals surface area (Å²) in [5, 5.41) is 14.9.